The number of aromatic nitrogens is 3. The van der Waals surface area contributed by atoms with Gasteiger partial charge >= 0.3 is 0 Å². The Hall–Kier alpha value is -1.58. The van der Waals surface area contributed by atoms with Gasteiger partial charge in [-0.2, -0.15) is 5.10 Å². The molecule has 0 aliphatic heterocycles. The molecule has 0 amide bonds. The van der Waals surface area contributed by atoms with Gasteiger partial charge in [-0.25, -0.2) is 18.1 Å². The van der Waals surface area contributed by atoms with Crippen molar-refractivity contribution < 1.29 is 8.42 Å². The summed E-state index contributed by atoms with van der Waals surface area (Å²) in [7, 11) is -3.67. The maximum atomic E-state index is 12.3. The maximum absolute atomic E-state index is 12.3. The lowest BCUT2D eigenvalue weighted by Gasteiger charge is -2.05. The number of sulfonamides is 1. The Labute approximate surface area is 127 Å². The normalized spacial score (nSPS) is 11.6. The van der Waals surface area contributed by atoms with Crippen molar-refractivity contribution >= 4 is 27.3 Å². The fourth-order valence-electron chi connectivity index (χ4n) is 1.53. The van der Waals surface area contributed by atoms with E-state index >= 15 is 0 Å². The van der Waals surface area contributed by atoms with Crippen molar-refractivity contribution in [1.29, 1.82) is 0 Å². The molecule has 2 N–H and O–H groups in total. The number of nitrogens with one attached hydrogen (secondary N) is 2. The van der Waals surface area contributed by atoms with Gasteiger partial charge in [-0.05, 0) is 37.4 Å². The molecule has 0 bridgehead atoms. The summed E-state index contributed by atoms with van der Waals surface area (Å²) in [5.41, 5.74) is 2.24. The van der Waals surface area contributed by atoms with Gasteiger partial charge in [0.25, 0.3) is 16.0 Å². The van der Waals surface area contributed by atoms with E-state index in [4.69, 9.17) is 0 Å². The van der Waals surface area contributed by atoms with Crippen LogP contribution in [0.5, 0.6) is 0 Å². The Morgan fingerprint density at radius 3 is 2.67 bits per heavy atom. The lowest BCUT2D eigenvalue weighted by atomic mass is 10.3. The van der Waals surface area contributed by atoms with Gasteiger partial charge in [0, 0.05) is 6.54 Å². The molecule has 0 atom stereocenters. The zero-order valence-corrected chi connectivity index (χ0v) is 13.7. The molecule has 0 aliphatic rings. The number of hydrogen-bond acceptors (Lipinski definition) is 7. The van der Waals surface area contributed by atoms with E-state index in [2.05, 4.69) is 25.2 Å². The number of nitrogens with zero attached hydrogens (tertiary/aromatic N) is 3. The maximum Gasteiger partial charge on any atom is 0.273 e. The highest BCUT2D eigenvalue weighted by Gasteiger charge is 2.18. The third-order valence-electron chi connectivity index (χ3n) is 2.79. The van der Waals surface area contributed by atoms with Gasteiger partial charge in [0.2, 0.25) is 0 Å². The highest BCUT2D eigenvalue weighted by Crippen LogP contribution is 2.22. The summed E-state index contributed by atoms with van der Waals surface area (Å²) in [6.07, 6.45) is 0. The van der Waals surface area contributed by atoms with Crippen LogP contribution in [0.15, 0.2) is 15.7 Å². The third kappa shape index (κ3) is 3.96. The number of thiophene rings is 1. The van der Waals surface area contributed by atoms with Crippen LogP contribution in [-0.2, 0) is 16.6 Å². The highest BCUT2D eigenvalue weighted by molar-refractivity contribution is 7.94. The van der Waals surface area contributed by atoms with Crippen LogP contribution in [0.4, 0.5) is 5.95 Å². The van der Waals surface area contributed by atoms with Crippen molar-refractivity contribution in [2.24, 2.45) is 0 Å². The molecule has 0 aromatic carbocycles. The van der Waals surface area contributed by atoms with E-state index in [1.54, 1.807) is 19.9 Å². The minimum atomic E-state index is -3.67. The minimum Gasteiger partial charge on any atom is -0.313 e. The van der Waals surface area contributed by atoms with Crippen LogP contribution >= 0.6 is 11.3 Å². The lowest BCUT2D eigenvalue weighted by molar-refractivity contribution is 0.602. The van der Waals surface area contributed by atoms with E-state index in [1.807, 2.05) is 12.3 Å². The average Bonchev–Trinajstić information content (AvgIpc) is 2.90. The summed E-state index contributed by atoms with van der Waals surface area (Å²) in [6.45, 7) is 6.99. The molecule has 0 spiro atoms. The molecule has 0 saturated heterocycles. The van der Waals surface area contributed by atoms with Gasteiger partial charge in [0.05, 0.1) is 11.4 Å². The summed E-state index contributed by atoms with van der Waals surface area (Å²) in [4.78, 5) is 4.07. The van der Waals surface area contributed by atoms with Gasteiger partial charge in [-0.1, -0.05) is 6.92 Å². The third-order valence-corrected chi connectivity index (χ3v) is 5.61. The first-order chi connectivity index (χ1) is 9.92. The summed E-state index contributed by atoms with van der Waals surface area (Å²) in [5.74, 6) is -0.0141. The second kappa shape index (κ2) is 6.46. The summed E-state index contributed by atoms with van der Waals surface area (Å²) < 4.78 is 27.1. The van der Waals surface area contributed by atoms with Gasteiger partial charge < -0.3 is 5.32 Å². The van der Waals surface area contributed by atoms with Gasteiger partial charge in [-0.15, -0.1) is 16.4 Å². The van der Waals surface area contributed by atoms with Crippen molar-refractivity contribution in [3.63, 3.8) is 0 Å². The molecule has 7 nitrogen and oxygen atoms in total. The quantitative estimate of drug-likeness (QED) is 0.834. The van der Waals surface area contributed by atoms with Crippen LogP contribution in [0.3, 0.4) is 0 Å². The topological polar surface area (TPSA) is 96.9 Å². The first-order valence-corrected chi connectivity index (χ1v) is 8.77. The number of aryl methyl sites for hydroxylation is 2. The largest absolute Gasteiger partial charge is 0.313 e. The van der Waals surface area contributed by atoms with Crippen molar-refractivity contribution in [1.82, 2.24) is 20.5 Å². The molecular formula is C12H17N5O2S2. The van der Waals surface area contributed by atoms with Crippen LogP contribution in [0.25, 0.3) is 0 Å². The predicted molar refractivity (Wildman–Crippen MR) is 81.8 cm³/mol. The molecule has 9 heteroatoms. The number of anilines is 1. The fourth-order valence-corrected chi connectivity index (χ4v) is 3.67. The average molecular weight is 327 g/mol. The van der Waals surface area contributed by atoms with Crippen LogP contribution in [0.1, 0.15) is 23.9 Å². The Bertz CT molecular complexity index is 727. The molecule has 2 aromatic rings. The van der Waals surface area contributed by atoms with Crippen molar-refractivity contribution in [2.45, 2.75) is 31.5 Å². The molecule has 0 unspecified atom stereocenters. The van der Waals surface area contributed by atoms with Gasteiger partial charge in [0.15, 0.2) is 0 Å². The Morgan fingerprint density at radius 2 is 2.00 bits per heavy atom. The molecule has 0 fully saturated rings. The SMILES string of the molecule is CCNCc1csc(S(=O)(=O)Nc2nnc(C)c(C)n2)c1. The molecule has 2 rings (SSSR count). The fraction of sp³-hybridized carbons (Fsp3) is 0.417. The zero-order valence-electron chi connectivity index (χ0n) is 12.0. The van der Waals surface area contributed by atoms with Crippen LogP contribution in [0, 0.1) is 13.8 Å². The molecule has 21 heavy (non-hydrogen) atoms. The van der Waals surface area contributed by atoms with E-state index < -0.39 is 10.0 Å². The minimum absolute atomic E-state index is 0.0141. The van der Waals surface area contributed by atoms with Crippen LogP contribution in [-0.4, -0.2) is 30.1 Å². The Morgan fingerprint density at radius 1 is 1.24 bits per heavy atom. The zero-order chi connectivity index (χ0) is 15.5. The molecule has 114 valence electrons. The summed E-state index contributed by atoms with van der Waals surface area (Å²) in [5, 5.41) is 12.6. The first-order valence-electron chi connectivity index (χ1n) is 6.41. The van der Waals surface area contributed by atoms with E-state index in [9.17, 15) is 8.42 Å². The molecule has 0 radical (unpaired) electrons. The number of hydrogen-bond donors (Lipinski definition) is 2. The second-order valence-corrected chi connectivity index (χ2v) is 7.29. The van der Waals surface area contributed by atoms with Crippen LogP contribution < -0.4 is 10.0 Å². The summed E-state index contributed by atoms with van der Waals surface area (Å²) >= 11 is 1.17. The Kier molecular flexibility index (Phi) is 4.86. The van der Waals surface area contributed by atoms with E-state index in [0.717, 1.165) is 12.1 Å². The van der Waals surface area contributed by atoms with Crippen molar-refractivity contribution in [3.05, 3.63) is 28.4 Å². The van der Waals surface area contributed by atoms with Gasteiger partial charge in [-0.3, -0.25) is 0 Å². The highest BCUT2D eigenvalue weighted by atomic mass is 32.2. The first kappa shape index (κ1) is 15.8. The lowest BCUT2D eigenvalue weighted by Crippen LogP contribution is -2.15. The van der Waals surface area contributed by atoms with Gasteiger partial charge in [0.1, 0.15) is 4.21 Å². The van der Waals surface area contributed by atoms with E-state index in [0.29, 0.717) is 17.9 Å². The molecular weight excluding hydrogens is 310 g/mol. The summed E-state index contributed by atoms with van der Waals surface area (Å²) in [6, 6.07) is 1.64. The Balaban J connectivity index is 2.17. The monoisotopic (exact) mass is 327 g/mol. The molecule has 0 aliphatic carbocycles. The molecule has 2 aromatic heterocycles. The standard InChI is InChI=1S/C12H17N5O2S2/c1-4-13-6-10-5-11(20-7-10)21(18,19)17-12-14-8(2)9(3)15-16-12/h5,7,13H,4,6H2,1-3H3,(H,14,16,17). The van der Waals surface area contributed by atoms with E-state index in [-0.39, 0.29) is 10.2 Å². The van der Waals surface area contributed by atoms with Crippen LogP contribution in [0.2, 0.25) is 0 Å². The predicted octanol–water partition coefficient (Wildman–Crippen LogP) is 1.46. The number of rotatable bonds is 6. The smallest absolute Gasteiger partial charge is 0.273 e. The van der Waals surface area contributed by atoms with E-state index in [1.165, 1.54) is 11.3 Å². The van der Waals surface area contributed by atoms with Crippen molar-refractivity contribution in [2.75, 3.05) is 11.3 Å². The molecule has 2 heterocycles. The molecule has 0 saturated carbocycles. The van der Waals surface area contributed by atoms with Crippen molar-refractivity contribution in [3.8, 4) is 0 Å². The second-order valence-electron chi connectivity index (χ2n) is 4.47.